The third kappa shape index (κ3) is 5.76. The maximum absolute atomic E-state index is 11.9. The van der Waals surface area contributed by atoms with Crippen molar-refractivity contribution in [3.05, 3.63) is 69.6 Å². The molecule has 0 atom stereocenters. The summed E-state index contributed by atoms with van der Waals surface area (Å²) in [5.74, 6) is 0.0586. The molecule has 0 unspecified atom stereocenters. The number of benzene rings is 2. The molecule has 3 aromatic rings. The number of nitro benzene ring substituents is 1. The van der Waals surface area contributed by atoms with E-state index in [1.165, 1.54) is 6.07 Å². The molecule has 0 saturated carbocycles. The molecule has 0 saturated heterocycles. The van der Waals surface area contributed by atoms with Gasteiger partial charge >= 0.3 is 5.97 Å². The highest BCUT2D eigenvalue weighted by Gasteiger charge is 2.13. The number of ether oxygens (including phenoxy) is 1. The topological polar surface area (TPSA) is 120 Å². The first kappa shape index (κ1) is 20.3. The number of aromatic nitrogens is 2. The lowest BCUT2D eigenvalue weighted by Crippen LogP contribution is -2.09. The van der Waals surface area contributed by atoms with Gasteiger partial charge in [-0.3, -0.25) is 14.9 Å². The standard InChI is InChI=1S/C19H17ClN4O5/c20-14-9-7-13(8-10-14)19-23-22-17(29-19)12-28-18(25)6-3-11-21-15-4-1-2-5-16(15)24(26)27/h1-2,4-5,7-10,21H,3,6,11-12H2. The van der Waals surface area contributed by atoms with Gasteiger partial charge in [0.05, 0.1) is 4.92 Å². The Bertz CT molecular complexity index is 990. The maximum Gasteiger partial charge on any atom is 0.306 e. The van der Waals surface area contributed by atoms with Crippen molar-refractivity contribution in [3.8, 4) is 11.5 Å². The van der Waals surface area contributed by atoms with Gasteiger partial charge in [0.25, 0.3) is 11.6 Å². The average molecular weight is 417 g/mol. The minimum absolute atomic E-state index is 0.0111. The van der Waals surface area contributed by atoms with Crippen LogP contribution < -0.4 is 5.32 Å². The van der Waals surface area contributed by atoms with E-state index in [4.69, 9.17) is 20.8 Å². The molecule has 0 aliphatic rings. The lowest BCUT2D eigenvalue weighted by molar-refractivity contribution is -0.384. The fourth-order valence-corrected chi connectivity index (χ4v) is 2.60. The zero-order chi connectivity index (χ0) is 20.6. The summed E-state index contributed by atoms with van der Waals surface area (Å²) in [6.45, 7) is 0.262. The van der Waals surface area contributed by atoms with Gasteiger partial charge in [0.15, 0.2) is 6.61 Å². The van der Waals surface area contributed by atoms with Crippen LogP contribution in [-0.2, 0) is 16.1 Å². The molecule has 1 aromatic heterocycles. The largest absolute Gasteiger partial charge is 0.456 e. The lowest BCUT2D eigenvalue weighted by Gasteiger charge is -2.06. The summed E-state index contributed by atoms with van der Waals surface area (Å²) in [6.07, 6.45) is 0.594. The molecule has 150 valence electrons. The van der Waals surface area contributed by atoms with Crippen molar-refractivity contribution in [2.75, 3.05) is 11.9 Å². The molecule has 0 aliphatic heterocycles. The molecule has 10 heteroatoms. The van der Waals surface area contributed by atoms with Crippen LogP contribution in [0, 0.1) is 10.1 Å². The molecule has 2 aromatic carbocycles. The molecule has 29 heavy (non-hydrogen) atoms. The van der Waals surface area contributed by atoms with Crippen molar-refractivity contribution in [2.45, 2.75) is 19.4 Å². The smallest absolute Gasteiger partial charge is 0.306 e. The highest BCUT2D eigenvalue weighted by molar-refractivity contribution is 6.30. The number of carbonyl (C=O) groups excluding carboxylic acids is 1. The van der Waals surface area contributed by atoms with E-state index < -0.39 is 10.9 Å². The molecule has 0 radical (unpaired) electrons. The van der Waals surface area contributed by atoms with Crippen molar-refractivity contribution >= 4 is 28.9 Å². The molecule has 0 amide bonds. The number of nitrogens with zero attached hydrogens (tertiary/aromatic N) is 3. The molecule has 3 rings (SSSR count). The van der Waals surface area contributed by atoms with E-state index in [0.29, 0.717) is 35.1 Å². The molecule has 0 bridgehead atoms. The second-order valence-corrected chi connectivity index (χ2v) is 6.41. The Balaban J connectivity index is 1.41. The van der Waals surface area contributed by atoms with Gasteiger partial charge in [-0.05, 0) is 36.8 Å². The summed E-state index contributed by atoms with van der Waals surface area (Å²) in [5, 5.41) is 22.3. The van der Waals surface area contributed by atoms with Crippen LogP contribution in [0.25, 0.3) is 11.5 Å². The number of rotatable bonds is 9. The van der Waals surface area contributed by atoms with E-state index in [1.807, 2.05) is 0 Å². The zero-order valence-corrected chi connectivity index (χ0v) is 16.0. The van der Waals surface area contributed by atoms with Crippen molar-refractivity contribution in [1.82, 2.24) is 10.2 Å². The fourth-order valence-electron chi connectivity index (χ4n) is 2.47. The number of anilines is 1. The molecule has 9 nitrogen and oxygen atoms in total. The second-order valence-electron chi connectivity index (χ2n) is 5.97. The first-order valence-corrected chi connectivity index (χ1v) is 9.12. The first-order chi connectivity index (χ1) is 14.0. The second kappa shape index (κ2) is 9.65. The molecule has 1 heterocycles. The Kier molecular flexibility index (Phi) is 6.75. The quantitative estimate of drug-likeness (QED) is 0.238. The number of nitrogens with one attached hydrogen (secondary N) is 1. The zero-order valence-electron chi connectivity index (χ0n) is 15.2. The molecule has 1 N–H and O–H groups in total. The number of carbonyl (C=O) groups is 1. The summed E-state index contributed by atoms with van der Waals surface area (Å²) in [5.41, 5.74) is 1.11. The Morgan fingerprint density at radius 3 is 2.69 bits per heavy atom. The Morgan fingerprint density at radius 2 is 1.93 bits per heavy atom. The molecule has 0 aliphatic carbocycles. The van der Waals surface area contributed by atoms with Crippen molar-refractivity contribution in [1.29, 1.82) is 0 Å². The summed E-state index contributed by atoms with van der Waals surface area (Å²) < 4.78 is 10.6. The monoisotopic (exact) mass is 416 g/mol. The van der Waals surface area contributed by atoms with Crippen LogP contribution >= 0.6 is 11.6 Å². The first-order valence-electron chi connectivity index (χ1n) is 8.74. The SMILES string of the molecule is O=C(CCCNc1ccccc1[N+](=O)[O-])OCc1nnc(-c2ccc(Cl)cc2)o1. The van der Waals surface area contributed by atoms with E-state index in [1.54, 1.807) is 42.5 Å². The molecule has 0 spiro atoms. The van der Waals surface area contributed by atoms with Crippen LogP contribution in [0.3, 0.4) is 0 Å². The van der Waals surface area contributed by atoms with E-state index in [2.05, 4.69) is 15.5 Å². The van der Waals surface area contributed by atoms with Gasteiger partial charge in [-0.25, -0.2) is 0 Å². The van der Waals surface area contributed by atoms with Crippen molar-refractivity contribution in [3.63, 3.8) is 0 Å². The number of esters is 1. The van der Waals surface area contributed by atoms with Crippen LogP contribution in [0.4, 0.5) is 11.4 Å². The van der Waals surface area contributed by atoms with Gasteiger partial charge in [0, 0.05) is 29.6 Å². The fraction of sp³-hybridized carbons (Fsp3) is 0.211. The van der Waals surface area contributed by atoms with Crippen molar-refractivity contribution < 1.29 is 18.9 Å². The predicted octanol–water partition coefficient (Wildman–Crippen LogP) is 4.23. The Morgan fingerprint density at radius 1 is 1.17 bits per heavy atom. The summed E-state index contributed by atoms with van der Waals surface area (Å²) in [4.78, 5) is 22.4. The Labute approximate surface area is 170 Å². The van der Waals surface area contributed by atoms with Gasteiger partial charge in [-0.1, -0.05) is 23.7 Å². The van der Waals surface area contributed by atoms with Gasteiger partial charge in [-0.15, -0.1) is 10.2 Å². The number of para-hydroxylation sites is 2. The average Bonchev–Trinajstić information content (AvgIpc) is 3.19. The minimum atomic E-state index is -0.459. The number of nitro groups is 1. The third-order valence-electron chi connectivity index (χ3n) is 3.89. The number of hydrogen-bond donors (Lipinski definition) is 1. The van der Waals surface area contributed by atoms with Crippen LogP contribution in [0.2, 0.25) is 5.02 Å². The van der Waals surface area contributed by atoms with E-state index in [-0.39, 0.29) is 24.6 Å². The highest BCUT2D eigenvalue weighted by Crippen LogP contribution is 2.23. The van der Waals surface area contributed by atoms with E-state index >= 15 is 0 Å². The number of halogens is 1. The van der Waals surface area contributed by atoms with Crippen LogP contribution in [0.1, 0.15) is 18.7 Å². The van der Waals surface area contributed by atoms with Gasteiger partial charge in [0.1, 0.15) is 5.69 Å². The van der Waals surface area contributed by atoms with E-state index in [0.717, 1.165) is 0 Å². The lowest BCUT2D eigenvalue weighted by atomic mass is 10.2. The van der Waals surface area contributed by atoms with Gasteiger partial charge in [-0.2, -0.15) is 0 Å². The van der Waals surface area contributed by atoms with Crippen molar-refractivity contribution in [2.24, 2.45) is 0 Å². The summed E-state index contributed by atoms with van der Waals surface area (Å²) in [6, 6.07) is 13.2. The van der Waals surface area contributed by atoms with Crippen LogP contribution in [-0.4, -0.2) is 27.6 Å². The number of hydrogen-bond acceptors (Lipinski definition) is 8. The minimum Gasteiger partial charge on any atom is -0.456 e. The highest BCUT2D eigenvalue weighted by atomic mass is 35.5. The Hall–Kier alpha value is -3.46. The van der Waals surface area contributed by atoms with Crippen LogP contribution in [0.5, 0.6) is 0 Å². The molecule has 0 fully saturated rings. The summed E-state index contributed by atoms with van der Waals surface area (Å²) in [7, 11) is 0. The molecular weight excluding hydrogens is 400 g/mol. The maximum atomic E-state index is 11.9. The van der Waals surface area contributed by atoms with Gasteiger partial charge in [0.2, 0.25) is 5.89 Å². The molecular formula is C19H17ClN4O5. The van der Waals surface area contributed by atoms with E-state index in [9.17, 15) is 14.9 Å². The summed E-state index contributed by atoms with van der Waals surface area (Å²) >= 11 is 5.84. The van der Waals surface area contributed by atoms with Crippen LogP contribution in [0.15, 0.2) is 52.9 Å². The predicted molar refractivity (Wildman–Crippen MR) is 105 cm³/mol. The van der Waals surface area contributed by atoms with Gasteiger partial charge < -0.3 is 14.5 Å². The third-order valence-corrected chi connectivity index (χ3v) is 4.14. The normalized spacial score (nSPS) is 10.5.